The van der Waals surface area contributed by atoms with E-state index in [1.54, 1.807) is 18.5 Å². The van der Waals surface area contributed by atoms with Crippen molar-refractivity contribution in [3.05, 3.63) is 29.7 Å². The average molecular weight is 564 g/mol. The molecule has 0 spiro atoms. The summed E-state index contributed by atoms with van der Waals surface area (Å²) in [4.78, 5) is 29.7. The summed E-state index contributed by atoms with van der Waals surface area (Å²) in [6.45, 7) is 0. The van der Waals surface area contributed by atoms with E-state index in [0.29, 0.717) is 16.9 Å². The molecule has 2 aromatic rings. The molecule has 10 nitrogen and oxygen atoms in total. The zero-order chi connectivity index (χ0) is 28.7. The van der Waals surface area contributed by atoms with Crippen LogP contribution in [0.15, 0.2) is 23.6 Å². The maximum atomic E-state index is 13.8. The molecule has 0 aliphatic heterocycles. The Morgan fingerprint density at radius 1 is 1.10 bits per heavy atom. The van der Waals surface area contributed by atoms with Gasteiger partial charge in [0.25, 0.3) is 5.91 Å². The normalized spacial score (nSPS) is 22.6. The molecule has 3 saturated carbocycles. The number of amides is 2. The lowest BCUT2D eigenvalue weighted by atomic mass is 9.79. The minimum absolute atomic E-state index is 0.0334. The Morgan fingerprint density at radius 2 is 1.77 bits per heavy atom. The van der Waals surface area contributed by atoms with Gasteiger partial charge < -0.3 is 15.8 Å². The van der Waals surface area contributed by atoms with E-state index in [2.05, 4.69) is 25.9 Å². The monoisotopic (exact) mass is 563 g/mol. The molecule has 0 aromatic carbocycles. The third kappa shape index (κ3) is 6.18. The van der Waals surface area contributed by atoms with Crippen LogP contribution in [-0.4, -0.2) is 49.2 Å². The molecule has 2 heterocycles. The largest absolute Gasteiger partial charge is 0.410 e. The number of nitrogens with one attached hydrogen (secondary N) is 2. The Kier molecular flexibility index (Phi) is 7.41. The Balaban J connectivity index is 1.36. The summed E-state index contributed by atoms with van der Waals surface area (Å²) < 4.78 is 55.5. The number of imidazole rings is 1. The minimum Gasteiger partial charge on any atom is -0.410 e. The lowest BCUT2D eigenvalue weighted by molar-refractivity contribution is -0.134. The third-order valence-electron chi connectivity index (χ3n) is 8.04. The molecule has 40 heavy (non-hydrogen) atoms. The molecule has 3 fully saturated rings. The number of nitriles is 1. The second-order valence-corrected chi connectivity index (χ2v) is 11.2. The standard InChI is InChI=1S/C26H29F4N7O3/c27-25(28)5-3-16(4-6-25)23(35-24(39)18(11-31)36-40)19-13-37-20(33-19)8-17(12-32-37)22(15-1-2-15)34-21(38)7-14-9-26(29,30)10-14/h8,12-16,22-23,40H,1-7,9-10H2,(H,34,38)(H,35,39)/b36-18+/t22-,23+/m1/s1. The zero-order valence-corrected chi connectivity index (χ0v) is 21.5. The van der Waals surface area contributed by atoms with Crippen molar-refractivity contribution >= 4 is 23.2 Å². The van der Waals surface area contributed by atoms with Gasteiger partial charge >= 0.3 is 0 Å². The zero-order valence-electron chi connectivity index (χ0n) is 21.5. The maximum Gasteiger partial charge on any atom is 0.284 e. The molecule has 0 radical (unpaired) electrons. The van der Waals surface area contributed by atoms with Gasteiger partial charge in [-0.15, -0.1) is 0 Å². The summed E-state index contributed by atoms with van der Waals surface area (Å²) in [5.41, 5.74) is 0.643. The SMILES string of the molecule is N#C/C(=N\O)C(=O)N[C@H](c1cn2ncc([C@H](NC(=O)CC3CC(F)(F)C3)C3CC3)cc2n1)C1CCC(F)(F)CC1. The van der Waals surface area contributed by atoms with E-state index in [1.807, 2.05) is 0 Å². The molecular weight excluding hydrogens is 534 g/mol. The Hall–Kier alpha value is -3.76. The first kappa shape index (κ1) is 27.8. The summed E-state index contributed by atoms with van der Waals surface area (Å²) in [5.74, 6) is -7.31. The molecule has 214 valence electrons. The lowest BCUT2D eigenvalue weighted by Crippen LogP contribution is -2.40. The van der Waals surface area contributed by atoms with Gasteiger partial charge in [-0.05, 0) is 55.1 Å². The summed E-state index contributed by atoms with van der Waals surface area (Å²) >= 11 is 0. The fourth-order valence-electron chi connectivity index (χ4n) is 5.71. The highest BCUT2D eigenvalue weighted by atomic mass is 19.3. The van der Waals surface area contributed by atoms with Gasteiger partial charge in [-0.1, -0.05) is 5.16 Å². The van der Waals surface area contributed by atoms with Crippen molar-refractivity contribution in [1.29, 1.82) is 5.26 Å². The van der Waals surface area contributed by atoms with E-state index in [-0.39, 0.29) is 68.7 Å². The number of alkyl halides is 4. The second-order valence-electron chi connectivity index (χ2n) is 11.2. The average Bonchev–Trinajstić information content (AvgIpc) is 3.63. The van der Waals surface area contributed by atoms with Crippen LogP contribution in [0.5, 0.6) is 0 Å². The summed E-state index contributed by atoms with van der Waals surface area (Å²) in [6, 6.07) is 2.01. The first-order valence-electron chi connectivity index (χ1n) is 13.3. The second kappa shape index (κ2) is 10.7. The van der Waals surface area contributed by atoms with Crippen molar-refractivity contribution in [2.45, 2.75) is 81.7 Å². The molecule has 2 aromatic heterocycles. The molecule has 5 rings (SSSR count). The highest BCUT2D eigenvalue weighted by Gasteiger charge is 2.46. The molecule has 2 amide bonds. The molecule has 3 N–H and O–H groups in total. The van der Waals surface area contributed by atoms with Crippen LogP contribution >= 0.6 is 0 Å². The molecule has 2 atom stereocenters. The fraction of sp³-hybridized carbons (Fsp3) is 0.615. The Bertz CT molecular complexity index is 1350. The van der Waals surface area contributed by atoms with Crippen LogP contribution in [0.4, 0.5) is 17.6 Å². The highest BCUT2D eigenvalue weighted by molar-refractivity contribution is 6.45. The van der Waals surface area contributed by atoms with Crippen molar-refractivity contribution in [1.82, 2.24) is 25.2 Å². The number of aromatic nitrogens is 3. The molecule has 14 heteroatoms. The van der Waals surface area contributed by atoms with Gasteiger partial charge in [0.05, 0.1) is 30.2 Å². The number of fused-ring (bicyclic) bond motifs is 1. The quantitative estimate of drug-likeness (QED) is 0.182. The lowest BCUT2D eigenvalue weighted by Gasteiger charge is -2.34. The van der Waals surface area contributed by atoms with E-state index < -0.39 is 35.4 Å². The number of hydrogen-bond acceptors (Lipinski definition) is 7. The maximum absolute atomic E-state index is 13.8. The highest BCUT2D eigenvalue weighted by Crippen LogP contribution is 2.45. The minimum atomic E-state index is -2.80. The van der Waals surface area contributed by atoms with Crippen LogP contribution in [0, 0.1) is 29.1 Å². The predicted octanol–water partition coefficient (Wildman–Crippen LogP) is 4.07. The molecule has 0 unspecified atom stereocenters. The first-order valence-corrected chi connectivity index (χ1v) is 13.3. The topological polar surface area (TPSA) is 145 Å². The van der Waals surface area contributed by atoms with E-state index in [0.717, 1.165) is 12.8 Å². The Morgan fingerprint density at radius 3 is 2.38 bits per heavy atom. The number of halogens is 4. The smallest absolute Gasteiger partial charge is 0.284 e. The number of nitrogens with zero attached hydrogens (tertiary/aromatic N) is 5. The molecule has 0 saturated heterocycles. The van der Waals surface area contributed by atoms with Gasteiger partial charge in [-0.2, -0.15) is 10.4 Å². The van der Waals surface area contributed by atoms with Gasteiger partial charge in [0.1, 0.15) is 6.07 Å². The van der Waals surface area contributed by atoms with E-state index in [1.165, 1.54) is 10.6 Å². The van der Waals surface area contributed by atoms with Crippen LogP contribution in [0.3, 0.4) is 0 Å². The van der Waals surface area contributed by atoms with E-state index in [4.69, 9.17) is 10.5 Å². The van der Waals surface area contributed by atoms with Gasteiger partial charge in [-0.3, -0.25) is 9.59 Å². The van der Waals surface area contributed by atoms with Crippen LogP contribution in [0.25, 0.3) is 5.65 Å². The number of oxime groups is 1. The first-order chi connectivity index (χ1) is 19.0. The van der Waals surface area contributed by atoms with Crippen molar-refractivity contribution in [2.24, 2.45) is 22.9 Å². The number of hydrogen-bond donors (Lipinski definition) is 3. The van der Waals surface area contributed by atoms with Gasteiger partial charge in [-0.25, -0.2) is 27.1 Å². The van der Waals surface area contributed by atoms with E-state index in [9.17, 15) is 27.2 Å². The summed E-state index contributed by atoms with van der Waals surface area (Å²) in [5, 5.41) is 30.7. The summed E-state index contributed by atoms with van der Waals surface area (Å²) in [6.07, 6.45) is 3.88. The molecular formula is C26H29F4N7O3. The van der Waals surface area contributed by atoms with Crippen molar-refractivity contribution in [2.75, 3.05) is 0 Å². The van der Waals surface area contributed by atoms with Crippen molar-refractivity contribution in [3.8, 4) is 6.07 Å². The third-order valence-corrected chi connectivity index (χ3v) is 8.04. The predicted molar refractivity (Wildman–Crippen MR) is 132 cm³/mol. The number of carbonyl (C=O) groups is 2. The molecule has 3 aliphatic rings. The van der Waals surface area contributed by atoms with Gasteiger partial charge in [0.15, 0.2) is 5.65 Å². The fourth-order valence-corrected chi connectivity index (χ4v) is 5.71. The van der Waals surface area contributed by atoms with Crippen LogP contribution in [0.1, 0.15) is 81.1 Å². The van der Waals surface area contributed by atoms with Crippen LogP contribution in [-0.2, 0) is 9.59 Å². The molecule has 0 bridgehead atoms. The summed E-state index contributed by atoms with van der Waals surface area (Å²) in [7, 11) is 0. The molecule has 3 aliphatic carbocycles. The van der Waals surface area contributed by atoms with Crippen molar-refractivity contribution < 1.29 is 32.4 Å². The van der Waals surface area contributed by atoms with E-state index >= 15 is 0 Å². The number of rotatable bonds is 9. The van der Waals surface area contributed by atoms with Gasteiger partial charge in [0.2, 0.25) is 23.5 Å². The number of carbonyl (C=O) groups excluding carboxylic acids is 2. The van der Waals surface area contributed by atoms with Crippen molar-refractivity contribution in [3.63, 3.8) is 0 Å². The van der Waals surface area contributed by atoms with Gasteiger partial charge in [0, 0.05) is 32.1 Å². The van der Waals surface area contributed by atoms with Crippen LogP contribution in [0.2, 0.25) is 0 Å². The Labute approximate surface area is 226 Å². The van der Waals surface area contributed by atoms with Crippen LogP contribution < -0.4 is 10.6 Å².